The van der Waals surface area contributed by atoms with E-state index >= 15 is 0 Å². The topological polar surface area (TPSA) is 93.6 Å². The van der Waals surface area contributed by atoms with Gasteiger partial charge in [0.1, 0.15) is 12.0 Å². The van der Waals surface area contributed by atoms with Gasteiger partial charge in [-0.3, -0.25) is 4.79 Å². The Hall–Kier alpha value is -2.12. The van der Waals surface area contributed by atoms with Gasteiger partial charge in [-0.25, -0.2) is 13.6 Å². The molecular weight excluding hydrogens is 280 g/mol. The van der Waals surface area contributed by atoms with Crippen LogP contribution >= 0.6 is 0 Å². The highest BCUT2D eigenvalue weighted by Crippen LogP contribution is 2.19. The van der Waals surface area contributed by atoms with E-state index in [0.29, 0.717) is 17.0 Å². The summed E-state index contributed by atoms with van der Waals surface area (Å²) in [5.41, 5.74) is 0.988. The van der Waals surface area contributed by atoms with Gasteiger partial charge in [0.05, 0.1) is 10.5 Å². The lowest BCUT2D eigenvalue weighted by Gasteiger charge is -2.16. The molecule has 1 aromatic heterocycles. The maximum atomic E-state index is 12.2. The molecule has 2 rings (SSSR count). The van der Waals surface area contributed by atoms with Crippen molar-refractivity contribution in [3.05, 3.63) is 47.9 Å². The molecule has 2 aromatic rings. The third-order valence-electron chi connectivity index (χ3n) is 2.83. The molecule has 0 saturated carbocycles. The molecule has 0 spiro atoms. The number of benzene rings is 1. The van der Waals surface area contributed by atoms with Gasteiger partial charge in [-0.15, -0.1) is 0 Å². The highest BCUT2D eigenvalue weighted by Gasteiger charge is 2.16. The number of carbonyl (C=O) groups excluding carboxylic acids is 1. The largest absolute Gasteiger partial charge is 0.469 e. The first-order chi connectivity index (χ1) is 9.29. The first kappa shape index (κ1) is 14.3. The molecule has 0 unspecified atom stereocenters. The minimum atomic E-state index is -3.73. The Labute approximate surface area is 116 Å². The molecule has 106 valence electrons. The van der Waals surface area contributed by atoms with Gasteiger partial charge in [-0.05, 0) is 37.3 Å². The Morgan fingerprint density at radius 3 is 2.30 bits per heavy atom. The maximum Gasteiger partial charge on any atom is 0.261 e. The van der Waals surface area contributed by atoms with Crippen molar-refractivity contribution in [3.63, 3.8) is 0 Å². The van der Waals surface area contributed by atoms with Gasteiger partial charge in [-0.2, -0.15) is 0 Å². The Bertz CT molecular complexity index is 732. The second-order valence-electron chi connectivity index (χ2n) is 4.35. The molecule has 0 aliphatic rings. The molecule has 0 radical (unpaired) electrons. The van der Waals surface area contributed by atoms with E-state index in [-0.39, 0.29) is 10.8 Å². The van der Waals surface area contributed by atoms with E-state index in [2.05, 4.69) is 0 Å². The number of rotatable bonds is 3. The average Bonchev–Trinajstić information content (AvgIpc) is 2.83. The molecule has 2 N–H and O–H groups in total. The number of carbonyl (C=O) groups is 1. The van der Waals surface area contributed by atoms with Gasteiger partial charge in [0.15, 0.2) is 0 Å². The van der Waals surface area contributed by atoms with Gasteiger partial charge >= 0.3 is 0 Å². The highest BCUT2D eigenvalue weighted by atomic mass is 32.2. The number of primary sulfonamides is 1. The fourth-order valence-corrected chi connectivity index (χ4v) is 2.24. The van der Waals surface area contributed by atoms with Gasteiger partial charge in [0.2, 0.25) is 10.0 Å². The van der Waals surface area contributed by atoms with Crippen molar-refractivity contribution < 1.29 is 17.6 Å². The van der Waals surface area contributed by atoms with E-state index in [0.717, 1.165) is 0 Å². The van der Waals surface area contributed by atoms with Gasteiger partial charge in [0.25, 0.3) is 5.91 Å². The zero-order valence-electron chi connectivity index (χ0n) is 11.0. The van der Waals surface area contributed by atoms with E-state index in [1.807, 2.05) is 0 Å². The number of anilines is 1. The Kier molecular flexibility index (Phi) is 3.65. The predicted molar refractivity (Wildman–Crippen MR) is 74.0 cm³/mol. The van der Waals surface area contributed by atoms with E-state index in [4.69, 9.17) is 9.56 Å². The number of hydrogen-bond donors (Lipinski definition) is 1. The second kappa shape index (κ2) is 5.10. The summed E-state index contributed by atoms with van der Waals surface area (Å²) in [6, 6.07) is 7.39. The molecule has 1 aromatic carbocycles. The SMILES string of the molecule is Cc1cc(C(=O)N(C)c2ccc(S(N)(=O)=O)cc2)co1. The minimum Gasteiger partial charge on any atom is -0.469 e. The Morgan fingerprint density at radius 1 is 1.25 bits per heavy atom. The molecule has 1 heterocycles. The van der Waals surface area contributed by atoms with Crippen molar-refractivity contribution in [2.24, 2.45) is 5.14 Å². The second-order valence-corrected chi connectivity index (χ2v) is 5.91. The monoisotopic (exact) mass is 294 g/mol. The number of nitrogens with two attached hydrogens (primary N) is 1. The summed E-state index contributed by atoms with van der Waals surface area (Å²) >= 11 is 0. The van der Waals surface area contributed by atoms with Crippen LogP contribution in [-0.4, -0.2) is 21.4 Å². The van der Waals surface area contributed by atoms with Crippen LogP contribution in [0.5, 0.6) is 0 Å². The van der Waals surface area contributed by atoms with Crippen LogP contribution in [0, 0.1) is 6.92 Å². The van der Waals surface area contributed by atoms with Crippen LogP contribution in [0.1, 0.15) is 16.1 Å². The minimum absolute atomic E-state index is 0.00116. The molecule has 0 aliphatic heterocycles. The number of sulfonamides is 1. The number of amides is 1. The standard InChI is InChI=1S/C13H14N2O4S/c1-9-7-10(8-19-9)13(16)15(2)11-3-5-12(6-4-11)20(14,17)18/h3-8H,1-2H3,(H2,14,17,18). The molecular formula is C13H14N2O4S. The fraction of sp³-hybridized carbons (Fsp3) is 0.154. The highest BCUT2D eigenvalue weighted by molar-refractivity contribution is 7.89. The lowest BCUT2D eigenvalue weighted by molar-refractivity contribution is 0.0992. The maximum absolute atomic E-state index is 12.2. The Balaban J connectivity index is 2.25. The third kappa shape index (κ3) is 2.89. The van der Waals surface area contributed by atoms with Crippen molar-refractivity contribution in [2.75, 3.05) is 11.9 Å². The predicted octanol–water partition coefficient (Wildman–Crippen LogP) is 1.51. The molecule has 0 atom stereocenters. The van der Waals surface area contributed by atoms with Crippen LogP contribution in [0.25, 0.3) is 0 Å². The van der Waals surface area contributed by atoms with Crippen molar-refractivity contribution in [2.45, 2.75) is 11.8 Å². The van der Waals surface area contributed by atoms with E-state index in [1.165, 1.54) is 35.4 Å². The molecule has 7 heteroatoms. The summed E-state index contributed by atoms with van der Waals surface area (Å²) in [6.45, 7) is 1.75. The molecule has 0 saturated heterocycles. The zero-order chi connectivity index (χ0) is 14.9. The molecule has 0 aliphatic carbocycles. The normalized spacial score (nSPS) is 11.3. The van der Waals surface area contributed by atoms with Crippen LogP contribution in [0.3, 0.4) is 0 Å². The summed E-state index contributed by atoms with van der Waals surface area (Å²) < 4.78 is 27.4. The van der Waals surface area contributed by atoms with Crippen LogP contribution in [0.15, 0.2) is 45.9 Å². The van der Waals surface area contributed by atoms with Crippen LogP contribution in [-0.2, 0) is 10.0 Å². The summed E-state index contributed by atoms with van der Waals surface area (Å²) in [7, 11) is -2.14. The quantitative estimate of drug-likeness (QED) is 0.928. The summed E-state index contributed by atoms with van der Waals surface area (Å²) in [6.07, 6.45) is 1.38. The number of hydrogen-bond acceptors (Lipinski definition) is 4. The van der Waals surface area contributed by atoms with Crippen LogP contribution in [0.2, 0.25) is 0 Å². The van der Waals surface area contributed by atoms with Crippen molar-refractivity contribution >= 4 is 21.6 Å². The fourth-order valence-electron chi connectivity index (χ4n) is 1.73. The van der Waals surface area contributed by atoms with Crippen molar-refractivity contribution in [1.82, 2.24) is 0 Å². The Morgan fingerprint density at radius 2 is 1.85 bits per heavy atom. The summed E-state index contributed by atoms with van der Waals surface area (Å²) in [5.74, 6) is 0.400. The molecule has 6 nitrogen and oxygen atoms in total. The summed E-state index contributed by atoms with van der Waals surface area (Å²) in [4.78, 5) is 13.6. The van der Waals surface area contributed by atoms with Gasteiger partial charge in [-0.1, -0.05) is 0 Å². The zero-order valence-corrected chi connectivity index (χ0v) is 11.8. The lowest BCUT2D eigenvalue weighted by atomic mass is 10.2. The molecule has 1 amide bonds. The number of furan rings is 1. The van der Waals surface area contributed by atoms with E-state index < -0.39 is 10.0 Å². The van der Waals surface area contributed by atoms with Crippen LogP contribution in [0.4, 0.5) is 5.69 Å². The molecule has 0 fully saturated rings. The van der Waals surface area contributed by atoms with Gasteiger partial charge in [0, 0.05) is 12.7 Å². The lowest BCUT2D eigenvalue weighted by Crippen LogP contribution is -2.25. The van der Waals surface area contributed by atoms with Crippen molar-refractivity contribution in [3.8, 4) is 0 Å². The summed E-state index contributed by atoms with van der Waals surface area (Å²) in [5, 5.41) is 5.02. The van der Waals surface area contributed by atoms with Crippen LogP contribution < -0.4 is 10.0 Å². The molecule has 20 heavy (non-hydrogen) atoms. The van der Waals surface area contributed by atoms with Gasteiger partial charge < -0.3 is 9.32 Å². The smallest absolute Gasteiger partial charge is 0.261 e. The average molecular weight is 294 g/mol. The van der Waals surface area contributed by atoms with E-state index in [1.54, 1.807) is 20.0 Å². The first-order valence-electron chi connectivity index (χ1n) is 5.75. The number of nitrogens with zero attached hydrogens (tertiary/aromatic N) is 1. The number of aryl methyl sites for hydroxylation is 1. The van der Waals surface area contributed by atoms with Crippen molar-refractivity contribution in [1.29, 1.82) is 0 Å². The third-order valence-corrected chi connectivity index (χ3v) is 3.76. The molecule has 0 bridgehead atoms. The first-order valence-corrected chi connectivity index (χ1v) is 7.30. The van der Waals surface area contributed by atoms with E-state index in [9.17, 15) is 13.2 Å².